The summed E-state index contributed by atoms with van der Waals surface area (Å²) >= 11 is 0. The monoisotopic (exact) mass is 915 g/mol. The Morgan fingerprint density at radius 1 is 0.785 bits per heavy atom. The molecule has 2 aliphatic heterocycles. The molecule has 3 fully saturated rings. The van der Waals surface area contributed by atoms with Crippen LogP contribution in [0.15, 0.2) is 41.3 Å². The van der Waals surface area contributed by atoms with Gasteiger partial charge in [-0.3, -0.25) is 33.8 Å². The lowest BCUT2D eigenvalue weighted by molar-refractivity contribution is -0.387. The normalized spacial score (nSPS) is 35.0. The van der Waals surface area contributed by atoms with Gasteiger partial charge in [-0.15, -0.1) is 0 Å². The zero-order chi connectivity index (χ0) is 48.0. The van der Waals surface area contributed by atoms with Crippen molar-refractivity contribution in [1.82, 2.24) is 4.98 Å². The molecule has 2 aliphatic carbocycles. The summed E-state index contributed by atoms with van der Waals surface area (Å²) in [6, 6.07) is 4.03. The number of esters is 9. The van der Waals surface area contributed by atoms with Gasteiger partial charge in [-0.1, -0.05) is 0 Å². The molecule has 4 heterocycles. The van der Waals surface area contributed by atoms with Gasteiger partial charge in [0, 0.05) is 54.2 Å². The van der Waals surface area contributed by atoms with Crippen molar-refractivity contribution in [2.24, 2.45) is 11.3 Å². The standard InChI is InChI=1S/C43H49NO21/c1-20(45)56-19-42-34(61-24(5)49)30(58-21(2)46)29-32(60-23(4)48)43(42)41(9,54)33(31(59-22(3)47)35(42)62-25(6)50)63-38(53)39(7,64-36(51)26-13-16-55-17-26)14-12-28-27(11-10-15-44-28)37(52)57-18-40(29,8)65-43/h10-11,13,15-17,29-35,54H,12,14,18-19H2,1-9H3/t29-,30-,31+,32-,33+,34-,35+,39-,40+,41+,42-,43+/m1/s1. The van der Waals surface area contributed by atoms with Crippen LogP contribution in [0.4, 0.5) is 0 Å². The van der Waals surface area contributed by atoms with Gasteiger partial charge in [-0.25, -0.2) is 14.4 Å². The van der Waals surface area contributed by atoms with E-state index in [-0.39, 0.29) is 23.2 Å². The summed E-state index contributed by atoms with van der Waals surface area (Å²) in [7, 11) is 0. The Bertz CT molecular complexity index is 2270. The molecule has 22 nitrogen and oxygen atoms in total. The van der Waals surface area contributed by atoms with Gasteiger partial charge < -0.3 is 56.9 Å². The third-order valence-electron chi connectivity index (χ3n) is 12.3. The van der Waals surface area contributed by atoms with Crippen molar-refractivity contribution in [3.8, 4) is 0 Å². The van der Waals surface area contributed by atoms with E-state index in [1.165, 1.54) is 37.6 Å². The van der Waals surface area contributed by atoms with Crippen molar-refractivity contribution in [3.63, 3.8) is 0 Å². The Morgan fingerprint density at radius 2 is 1.37 bits per heavy atom. The number of aryl methyl sites for hydroxylation is 1. The minimum atomic E-state index is -3.01. The summed E-state index contributed by atoms with van der Waals surface area (Å²) in [4.78, 5) is 127. The Labute approximate surface area is 370 Å². The Morgan fingerprint density at radius 3 is 1.94 bits per heavy atom. The fraction of sp³-hybridized carbons (Fsp3) is 0.581. The summed E-state index contributed by atoms with van der Waals surface area (Å²) in [5.41, 5.74) is -13.4. The molecule has 1 N–H and O–H groups in total. The van der Waals surface area contributed by atoms with Crippen molar-refractivity contribution in [2.75, 3.05) is 13.2 Å². The van der Waals surface area contributed by atoms with E-state index in [1.54, 1.807) is 0 Å². The number of cyclic esters (lactones) is 1. The molecule has 1 spiro atoms. The van der Waals surface area contributed by atoms with E-state index in [4.69, 9.17) is 51.8 Å². The van der Waals surface area contributed by atoms with Gasteiger partial charge in [0.05, 0.1) is 29.0 Å². The highest BCUT2D eigenvalue weighted by molar-refractivity contribution is 5.93. The maximum Gasteiger partial charge on any atom is 0.350 e. The quantitative estimate of drug-likeness (QED) is 0.275. The lowest BCUT2D eigenvalue weighted by Crippen LogP contribution is -2.89. The van der Waals surface area contributed by atoms with Crippen LogP contribution in [0.2, 0.25) is 0 Å². The number of ether oxygens (including phenoxy) is 10. The van der Waals surface area contributed by atoms with Gasteiger partial charge >= 0.3 is 53.7 Å². The molecule has 2 aromatic rings. The first-order valence-corrected chi connectivity index (χ1v) is 20.3. The van der Waals surface area contributed by atoms with Crippen molar-refractivity contribution < 1.29 is 100 Å². The van der Waals surface area contributed by atoms with E-state index in [1.807, 2.05) is 0 Å². The molecule has 1 saturated heterocycles. The lowest BCUT2D eigenvalue weighted by atomic mass is 9.45. The van der Waals surface area contributed by atoms with Crippen LogP contribution < -0.4 is 0 Å². The number of hydrogen-bond donors (Lipinski definition) is 1. The molecule has 2 saturated carbocycles. The second kappa shape index (κ2) is 17.5. The summed E-state index contributed by atoms with van der Waals surface area (Å²) in [6.07, 6.45) is -10.00. The topological polar surface area (TPSA) is 292 Å². The first kappa shape index (κ1) is 48.0. The Kier molecular flexibility index (Phi) is 12.9. The highest BCUT2D eigenvalue weighted by Crippen LogP contribution is 2.70. The van der Waals surface area contributed by atoms with Gasteiger partial charge in [0.25, 0.3) is 0 Å². The fourth-order valence-electron chi connectivity index (χ4n) is 9.88. The molecule has 0 amide bonds. The summed E-state index contributed by atoms with van der Waals surface area (Å²) in [5.74, 6) is -11.7. The van der Waals surface area contributed by atoms with E-state index < -0.39 is 144 Å². The average molecular weight is 916 g/mol. The molecular weight excluding hydrogens is 866 g/mol. The van der Waals surface area contributed by atoms with Crippen molar-refractivity contribution in [1.29, 1.82) is 0 Å². The predicted molar refractivity (Wildman–Crippen MR) is 208 cm³/mol. The van der Waals surface area contributed by atoms with Crippen LogP contribution in [0, 0.1) is 11.3 Å². The van der Waals surface area contributed by atoms with Crippen LogP contribution in [-0.2, 0) is 87.4 Å². The molecular formula is C43H49NO21. The molecule has 4 aliphatic rings. The average Bonchev–Trinajstić information content (AvgIpc) is 3.82. The number of carbonyl (C=O) groups is 9. The van der Waals surface area contributed by atoms with E-state index in [0.29, 0.717) is 0 Å². The molecule has 2 aromatic heterocycles. The van der Waals surface area contributed by atoms with Crippen LogP contribution >= 0.6 is 0 Å². The summed E-state index contributed by atoms with van der Waals surface area (Å²) in [6.45, 7) is 7.21. The number of rotatable bonds is 9. The lowest BCUT2D eigenvalue weighted by Gasteiger charge is -2.67. The summed E-state index contributed by atoms with van der Waals surface area (Å²) in [5, 5.41) is 13.7. The fourth-order valence-corrected chi connectivity index (χ4v) is 9.88. The van der Waals surface area contributed by atoms with Crippen LogP contribution in [0.25, 0.3) is 0 Å². The molecule has 4 bridgehead atoms. The van der Waals surface area contributed by atoms with Gasteiger partial charge in [-0.2, -0.15) is 0 Å². The third kappa shape index (κ3) is 8.28. The van der Waals surface area contributed by atoms with Crippen LogP contribution in [0.5, 0.6) is 0 Å². The zero-order valence-electron chi connectivity index (χ0n) is 36.9. The Balaban J connectivity index is 1.77. The molecule has 352 valence electrons. The minimum Gasteiger partial charge on any atom is -0.472 e. The smallest absolute Gasteiger partial charge is 0.350 e. The number of fused-ring (bicyclic) bond motifs is 5. The molecule has 12 atom stereocenters. The molecule has 22 heteroatoms. The van der Waals surface area contributed by atoms with E-state index in [2.05, 4.69) is 4.98 Å². The molecule has 0 radical (unpaired) electrons. The number of furan rings is 1. The molecule has 0 unspecified atom stereocenters. The minimum absolute atomic E-state index is 0.0462. The second-order valence-corrected chi connectivity index (χ2v) is 16.9. The number of nitrogens with zero attached hydrogens (tertiary/aromatic N) is 1. The highest BCUT2D eigenvalue weighted by atomic mass is 16.7. The maximum absolute atomic E-state index is 15.0. The van der Waals surface area contributed by atoms with E-state index in [0.717, 1.165) is 61.7 Å². The molecule has 6 rings (SSSR count). The maximum atomic E-state index is 15.0. The molecule has 0 aromatic carbocycles. The number of pyridine rings is 1. The number of aromatic nitrogens is 1. The van der Waals surface area contributed by atoms with Gasteiger partial charge in [0.15, 0.2) is 30.0 Å². The van der Waals surface area contributed by atoms with E-state index in [9.17, 15) is 43.5 Å². The predicted octanol–water partition coefficient (Wildman–Crippen LogP) is 1.44. The van der Waals surface area contributed by atoms with Gasteiger partial charge in [0.1, 0.15) is 48.3 Å². The zero-order valence-corrected chi connectivity index (χ0v) is 36.9. The number of carbonyl (C=O) groups excluding carboxylic acids is 9. The van der Waals surface area contributed by atoms with E-state index >= 15 is 4.79 Å². The van der Waals surface area contributed by atoms with Crippen molar-refractivity contribution in [2.45, 2.75) is 134 Å². The number of hydrogen-bond acceptors (Lipinski definition) is 22. The van der Waals surface area contributed by atoms with Crippen molar-refractivity contribution in [3.05, 3.63) is 53.7 Å². The summed E-state index contributed by atoms with van der Waals surface area (Å²) < 4.78 is 65.5. The van der Waals surface area contributed by atoms with Gasteiger partial charge in [0.2, 0.25) is 5.60 Å². The SMILES string of the molecule is CC(=O)OC[C@]12[C@H](OC(C)=O)[C@H](OC(C)=O)[C@@H]3[C@@H](OC(C)=O)[C@@]14O[C@@]3(C)COC(=O)c1cccnc1CC[C@@](C)(OC(=O)c1ccoc1)C(=O)O[C@@H]([C@H](OC(C)=O)[C@@H]2OC(C)=O)[C@]4(C)O. The van der Waals surface area contributed by atoms with Crippen LogP contribution in [-0.4, -0.2) is 136 Å². The second-order valence-electron chi connectivity index (χ2n) is 16.9. The first-order valence-electron chi connectivity index (χ1n) is 20.3. The van der Waals surface area contributed by atoms with Crippen molar-refractivity contribution >= 4 is 53.7 Å². The largest absolute Gasteiger partial charge is 0.472 e. The first-order chi connectivity index (χ1) is 30.3. The van der Waals surface area contributed by atoms with Gasteiger partial charge in [-0.05, 0) is 45.4 Å². The number of aliphatic hydroxyl groups is 1. The Hall–Kier alpha value is -6.42. The molecule has 65 heavy (non-hydrogen) atoms. The highest BCUT2D eigenvalue weighted by Gasteiger charge is 2.92. The third-order valence-corrected chi connectivity index (χ3v) is 12.3. The van der Waals surface area contributed by atoms with Crippen LogP contribution in [0.3, 0.4) is 0 Å². The van der Waals surface area contributed by atoms with Crippen LogP contribution in [0.1, 0.15) is 95.1 Å².